The fourth-order valence-corrected chi connectivity index (χ4v) is 2.54. The second-order valence-electron chi connectivity index (χ2n) is 6.10. The van der Waals surface area contributed by atoms with Gasteiger partial charge in [0.25, 0.3) is 5.91 Å². The molecular weight excluding hydrogens is 437 g/mol. The lowest BCUT2D eigenvalue weighted by Gasteiger charge is -2.36. The summed E-state index contributed by atoms with van der Waals surface area (Å²) >= 11 is 0. The van der Waals surface area contributed by atoms with Gasteiger partial charge in [0.2, 0.25) is 0 Å². The molecule has 0 radical (unpaired) electrons. The zero-order valence-corrected chi connectivity index (χ0v) is 15.7. The minimum Gasteiger partial charge on any atom is -0.463 e. The summed E-state index contributed by atoms with van der Waals surface area (Å²) in [7, 11) is 0. The summed E-state index contributed by atoms with van der Waals surface area (Å²) in [5.74, 6) is -4.65. The van der Waals surface area contributed by atoms with Crippen molar-refractivity contribution >= 4 is 17.6 Å². The van der Waals surface area contributed by atoms with Crippen LogP contribution in [0.1, 0.15) is 22.8 Å². The summed E-state index contributed by atoms with van der Waals surface area (Å²) in [5.41, 5.74) is -7.37. The number of amides is 1. The average molecular weight is 452 g/mol. The molecule has 0 saturated heterocycles. The first-order valence-electron chi connectivity index (χ1n) is 8.58. The van der Waals surface area contributed by atoms with Crippen LogP contribution >= 0.6 is 0 Å². The molecule has 31 heavy (non-hydrogen) atoms. The van der Waals surface area contributed by atoms with Crippen LogP contribution in [0.4, 0.5) is 36.4 Å². The Balaban J connectivity index is 2.63. The van der Waals surface area contributed by atoms with Crippen LogP contribution in [0.2, 0.25) is 0 Å². The van der Waals surface area contributed by atoms with E-state index in [1.54, 1.807) is 0 Å². The number of hydrogen-bond acceptors (Lipinski definition) is 4. The molecule has 0 fully saturated rings. The zero-order chi connectivity index (χ0) is 23.4. The SMILES string of the molecule is CCOC(=O)C(NC(=O)c1cccc(F)c1)(Nc1ccccc1C(F)(F)F)C(F)(F)F. The highest BCUT2D eigenvalue weighted by atomic mass is 19.4. The average Bonchev–Trinajstić information content (AvgIpc) is 2.66. The highest BCUT2D eigenvalue weighted by Crippen LogP contribution is 2.39. The lowest BCUT2D eigenvalue weighted by atomic mass is 10.1. The number of anilines is 1. The maximum Gasteiger partial charge on any atom is 0.441 e. The van der Waals surface area contributed by atoms with E-state index in [-0.39, 0.29) is 0 Å². The molecule has 1 unspecified atom stereocenters. The van der Waals surface area contributed by atoms with Crippen molar-refractivity contribution in [1.82, 2.24) is 5.32 Å². The highest BCUT2D eigenvalue weighted by Gasteiger charge is 2.64. The Kier molecular flexibility index (Phi) is 6.82. The highest BCUT2D eigenvalue weighted by molar-refractivity contribution is 5.99. The molecule has 12 heteroatoms. The Bertz CT molecular complexity index is 960. The molecule has 0 aromatic heterocycles. The number of rotatable bonds is 6. The molecule has 0 aliphatic heterocycles. The van der Waals surface area contributed by atoms with Crippen LogP contribution < -0.4 is 10.6 Å². The summed E-state index contributed by atoms with van der Waals surface area (Å²) in [4.78, 5) is 24.7. The van der Waals surface area contributed by atoms with Gasteiger partial charge in [0.15, 0.2) is 0 Å². The number of esters is 1. The molecule has 2 aromatic carbocycles. The number of halogens is 7. The Hall–Kier alpha value is -3.31. The van der Waals surface area contributed by atoms with Gasteiger partial charge in [-0.05, 0) is 37.3 Å². The van der Waals surface area contributed by atoms with E-state index in [0.717, 1.165) is 37.3 Å². The summed E-state index contributed by atoms with van der Waals surface area (Å²) in [6.45, 7) is 0.589. The monoisotopic (exact) mass is 452 g/mol. The van der Waals surface area contributed by atoms with Crippen molar-refractivity contribution in [1.29, 1.82) is 0 Å². The van der Waals surface area contributed by atoms with Crippen LogP contribution in [0.5, 0.6) is 0 Å². The number of hydrogen-bond donors (Lipinski definition) is 2. The first-order chi connectivity index (χ1) is 14.3. The third kappa shape index (κ3) is 5.25. The van der Waals surface area contributed by atoms with Crippen molar-refractivity contribution in [3.63, 3.8) is 0 Å². The topological polar surface area (TPSA) is 67.4 Å². The fourth-order valence-electron chi connectivity index (χ4n) is 2.54. The van der Waals surface area contributed by atoms with E-state index in [4.69, 9.17) is 0 Å². The van der Waals surface area contributed by atoms with E-state index in [2.05, 4.69) is 4.74 Å². The maximum absolute atomic E-state index is 14.1. The summed E-state index contributed by atoms with van der Waals surface area (Å²) in [6.07, 6.45) is -10.7. The molecule has 0 spiro atoms. The molecule has 1 amide bonds. The number of alkyl halides is 6. The molecule has 0 saturated carbocycles. The van der Waals surface area contributed by atoms with Crippen LogP contribution in [-0.4, -0.2) is 30.3 Å². The van der Waals surface area contributed by atoms with Crippen LogP contribution in [-0.2, 0) is 15.7 Å². The molecule has 0 heterocycles. The van der Waals surface area contributed by atoms with Crippen molar-refractivity contribution in [2.45, 2.75) is 24.9 Å². The summed E-state index contributed by atoms with van der Waals surface area (Å²) in [6, 6.07) is 6.55. The standard InChI is InChI=1S/C19H15F7N2O3/c1-2-31-16(30)17(19(24,25)26,28-15(29)11-6-5-7-12(20)10-11)27-14-9-4-3-8-13(14)18(21,22)23/h3-10,27H,2H2,1H3,(H,28,29). The van der Waals surface area contributed by atoms with E-state index in [1.807, 2.05) is 0 Å². The molecular formula is C19H15F7N2O3. The van der Waals surface area contributed by atoms with Crippen molar-refractivity contribution in [3.8, 4) is 0 Å². The van der Waals surface area contributed by atoms with E-state index in [9.17, 15) is 40.3 Å². The van der Waals surface area contributed by atoms with Crippen molar-refractivity contribution in [3.05, 3.63) is 65.5 Å². The molecule has 5 nitrogen and oxygen atoms in total. The van der Waals surface area contributed by atoms with Crippen molar-refractivity contribution in [2.75, 3.05) is 11.9 Å². The molecule has 168 valence electrons. The Morgan fingerprint density at radius 2 is 1.61 bits per heavy atom. The smallest absolute Gasteiger partial charge is 0.441 e. The van der Waals surface area contributed by atoms with Gasteiger partial charge < -0.3 is 15.4 Å². The minimum atomic E-state index is -5.67. The Morgan fingerprint density at radius 1 is 0.968 bits per heavy atom. The van der Waals surface area contributed by atoms with Gasteiger partial charge in [0, 0.05) is 11.3 Å². The third-order valence-corrected chi connectivity index (χ3v) is 3.95. The number of ether oxygens (including phenoxy) is 1. The minimum absolute atomic E-state index is 0.489. The molecule has 1 atom stereocenters. The van der Waals surface area contributed by atoms with Gasteiger partial charge >= 0.3 is 24.0 Å². The second-order valence-corrected chi connectivity index (χ2v) is 6.10. The zero-order valence-electron chi connectivity index (χ0n) is 15.7. The molecule has 0 aliphatic carbocycles. The van der Waals surface area contributed by atoms with E-state index in [0.29, 0.717) is 18.2 Å². The molecule has 0 bridgehead atoms. The van der Waals surface area contributed by atoms with Crippen molar-refractivity contribution in [2.24, 2.45) is 0 Å². The van der Waals surface area contributed by atoms with Crippen molar-refractivity contribution < 1.29 is 45.1 Å². The first-order valence-corrected chi connectivity index (χ1v) is 8.58. The van der Waals surface area contributed by atoms with E-state index in [1.165, 1.54) is 10.6 Å². The molecule has 2 N–H and O–H groups in total. The Morgan fingerprint density at radius 3 is 2.16 bits per heavy atom. The Labute approximate surface area is 171 Å². The van der Waals surface area contributed by atoms with Gasteiger partial charge in [-0.1, -0.05) is 18.2 Å². The van der Waals surface area contributed by atoms with Gasteiger partial charge in [-0.15, -0.1) is 0 Å². The van der Waals surface area contributed by atoms with Gasteiger partial charge in [-0.25, -0.2) is 9.18 Å². The fraction of sp³-hybridized carbons (Fsp3) is 0.263. The predicted molar refractivity (Wildman–Crippen MR) is 94.4 cm³/mol. The number of nitrogens with one attached hydrogen (secondary N) is 2. The van der Waals surface area contributed by atoms with E-state index < -0.39 is 59.1 Å². The first kappa shape index (κ1) is 24.0. The number of carbonyl (C=O) groups is 2. The van der Waals surface area contributed by atoms with Crippen LogP contribution in [0.15, 0.2) is 48.5 Å². The quantitative estimate of drug-likeness (QED) is 0.385. The lowest BCUT2D eigenvalue weighted by Crippen LogP contribution is -2.69. The normalized spacial score (nSPS) is 13.8. The summed E-state index contributed by atoms with van der Waals surface area (Å²) in [5, 5.41) is 2.80. The number of benzene rings is 2. The lowest BCUT2D eigenvalue weighted by molar-refractivity contribution is -0.204. The molecule has 2 rings (SSSR count). The second kappa shape index (κ2) is 8.82. The third-order valence-electron chi connectivity index (χ3n) is 3.95. The largest absolute Gasteiger partial charge is 0.463 e. The van der Waals surface area contributed by atoms with Gasteiger partial charge in [-0.2, -0.15) is 26.3 Å². The number of carbonyl (C=O) groups excluding carboxylic acids is 2. The van der Waals surface area contributed by atoms with Crippen LogP contribution in [0.3, 0.4) is 0 Å². The summed E-state index contributed by atoms with van der Waals surface area (Å²) < 4.78 is 99.8. The molecule has 0 aliphatic rings. The van der Waals surface area contributed by atoms with Crippen LogP contribution in [0.25, 0.3) is 0 Å². The van der Waals surface area contributed by atoms with Gasteiger partial charge in [0.1, 0.15) is 5.82 Å². The molecule has 2 aromatic rings. The van der Waals surface area contributed by atoms with Gasteiger partial charge in [0.05, 0.1) is 12.2 Å². The predicted octanol–water partition coefficient (Wildman–Crippen LogP) is 4.51. The van der Waals surface area contributed by atoms with Gasteiger partial charge in [-0.3, -0.25) is 4.79 Å². The number of para-hydroxylation sites is 1. The van der Waals surface area contributed by atoms with Crippen LogP contribution in [0, 0.1) is 5.82 Å². The van der Waals surface area contributed by atoms with E-state index >= 15 is 0 Å². The maximum atomic E-state index is 14.1.